The molecular formula is C11H9N3O2S. The van der Waals surface area contributed by atoms with Crippen molar-refractivity contribution in [1.82, 2.24) is 15.0 Å². The molecule has 1 N–H and O–H groups in total. The van der Waals surface area contributed by atoms with Crippen LogP contribution in [0.4, 0.5) is 0 Å². The Morgan fingerprint density at radius 2 is 2.12 bits per heavy atom. The van der Waals surface area contributed by atoms with Crippen LogP contribution in [0.25, 0.3) is 0 Å². The van der Waals surface area contributed by atoms with E-state index in [0.29, 0.717) is 15.6 Å². The van der Waals surface area contributed by atoms with Crippen molar-refractivity contribution >= 4 is 17.7 Å². The molecule has 0 spiro atoms. The Kier molecular flexibility index (Phi) is 3.34. The maximum Gasteiger partial charge on any atom is 0.338 e. The lowest BCUT2D eigenvalue weighted by Crippen LogP contribution is -2.03. The Hall–Kier alpha value is -1.95. The zero-order valence-corrected chi connectivity index (χ0v) is 9.81. The van der Waals surface area contributed by atoms with Crippen LogP contribution >= 0.6 is 11.8 Å². The molecule has 0 aliphatic rings. The molecule has 0 fully saturated rings. The first kappa shape index (κ1) is 11.5. The van der Waals surface area contributed by atoms with Crippen molar-refractivity contribution in [3.63, 3.8) is 0 Å². The van der Waals surface area contributed by atoms with Gasteiger partial charge in [-0.25, -0.2) is 19.7 Å². The SMILES string of the molecule is Cc1ccnc(Sc2ccncn2)c1C(=O)O. The van der Waals surface area contributed by atoms with Gasteiger partial charge in [0.15, 0.2) is 0 Å². The summed E-state index contributed by atoms with van der Waals surface area (Å²) in [5.41, 5.74) is 0.903. The van der Waals surface area contributed by atoms with Gasteiger partial charge in [0, 0.05) is 12.4 Å². The standard InChI is InChI=1S/C11H9N3O2S/c1-7-2-5-13-10(9(7)11(15)16)17-8-3-4-12-6-14-8/h2-6H,1H3,(H,15,16). The number of aromatic nitrogens is 3. The maximum absolute atomic E-state index is 11.1. The second kappa shape index (κ2) is 4.92. The van der Waals surface area contributed by atoms with E-state index < -0.39 is 5.97 Å². The predicted octanol–water partition coefficient (Wildman–Crippen LogP) is 2.03. The number of carbonyl (C=O) groups is 1. The van der Waals surface area contributed by atoms with Crippen LogP contribution in [0.1, 0.15) is 15.9 Å². The number of aromatic carboxylic acids is 1. The molecule has 0 aromatic carbocycles. The van der Waals surface area contributed by atoms with E-state index in [1.165, 1.54) is 18.1 Å². The Morgan fingerprint density at radius 1 is 1.29 bits per heavy atom. The van der Waals surface area contributed by atoms with Gasteiger partial charge >= 0.3 is 5.97 Å². The van der Waals surface area contributed by atoms with Crippen LogP contribution < -0.4 is 0 Å². The van der Waals surface area contributed by atoms with Crippen molar-refractivity contribution in [2.24, 2.45) is 0 Å². The molecule has 86 valence electrons. The Morgan fingerprint density at radius 3 is 2.76 bits per heavy atom. The van der Waals surface area contributed by atoms with Crippen LogP contribution in [0, 0.1) is 6.92 Å². The lowest BCUT2D eigenvalue weighted by molar-refractivity contribution is 0.0691. The molecule has 0 unspecified atom stereocenters. The van der Waals surface area contributed by atoms with Crippen molar-refractivity contribution in [3.05, 3.63) is 42.0 Å². The Bertz CT molecular complexity index is 546. The summed E-state index contributed by atoms with van der Waals surface area (Å²) in [4.78, 5) is 23.0. The van der Waals surface area contributed by atoms with Crippen molar-refractivity contribution in [3.8, 4) is 0 Å². The number of hydrogen-bond donors (Lipinski definition) is 1. The minimum absolute atomic E-state index is 0.219. The minimum atomic E-state index is -0.979. The summed E-state index contributed by atoms with van der Waals surface area (Å²) in [7, 11) is 0. The van der Waals surface area contributed by atoms with Crippen LogP contribution in [0.5, 0.6) is 0 Å². The number of hydrogen-bond acceptors (Lipinski definition) is 5. The van der Waals surface area contributed by atoms with E-state index in [9.17, 15) is 4.79 Å². The summed E-state index contributed by atoms with van der Waals surface area (Å²) in [5.74, 6) is -0.979. The summed E-state index contributed by atoms with van der Waals surface area (Å²) in [6.07, 6.45) is 4.61. The number of aryl methyl sites for hydroxylation is 1. The van der Waals surface area contributed by atoms with Gasteiger partial charge in [-0.15, -0.1) is 0 Å². The molecule has 0 aliphatic heterocycles. The van der Waals surface area contributed by atoms with E-state index in [1.54, 1.807) is 31.5 Å². The summed E-state index contributed by atoms with van der Waals surface area (Å²) in [6.45, 7) is 1.75. The van der Waals surface area contributed by atoms with Gasteiger partial charge in [-0.1, -0.05) is 0 Å². The molecule has 2 heterocycles. The molecule has 0 radical (unpaired) electrons. The molecular weight excluding hydrogens is 238 g/mol. The van der Waals surface area contributed by atoms with Crippen LogP contribution in [0.2, 0.25) is 0 Å². The fraction of sp³-hybridized carbons (Fsp3) is 0.0909. The molecule has 2 aromatic heterocycles. The van der Waals surface area contributed by atoms with Crippen LogP contribution in [0.15, 0.2) is 40.9 Å². The van der Waals surface area contributed by atoms with Crippen LogP contribution in [0.3, 0.4) is 0 Å². The quantitative estimate of drug-likeness (QED) is 0.836. The molecule has 0 aliphatic carbocycles. The summed E-state index contributed by atoms with van der Waals surface area (Å²) >= 11 is 1.21. The summed E-state index contributed by atoms with van der Waals surface area (Å²) in [5, 5.41) is 10.2. The molecule has 0 atom stereocenters. The number of nitrogens with zero attached hydrogens (tertiary/aromatic N) is 3. The van der Waals surface area contributed by atoms with E-state index >= 15 is 0 Å². The molecule has 6 heteroatoms. The van der Waals surface area contributed by atoms with E-state index in [-0.39, 0.29) is 5.56 Å². The second-order valence-corrected chi connectivity index (χ2v) is 4.27. The highest BCUT2D eigenvalue weighted by Crippen LogP contribution is 2.28. The fourth-order valence-corrected chi connectivity index (χ4v) is 2.20. The smallest absolute Gasteiger partial charge is 0.338 e. The number of carboxylic acid groups (broad SMARTS) is 1. The Labute approximate surface area is 102 Å². The Balaban J connectivity index is 2.40. The topological polar surface area (TPSA) is 76.0 Å². The summed E-state index contributed by atoms with van der Waals surface area (Å²) < 4.78 is 0. The van der Waals surface area contributed by atoms with Crippen molar-refractivity contribution in [2.75, 3.05) is 0 Å². The molecule has 5 nitrogen and oxygen atoms in total. The molecule has 0 bridgehead atoms. The number of rotatable bonds is 3. The third kappa shape index (κ3) is 2.59. The zero-order valence-electron chi connectivity index (χ0n) is 8.99. The first-order chi connectivity index (χ1) is 8.18. The number of pyridine rings is 1. The largest absolute Gasteiger partial charge is 0.478 e. The monoisotopic (exact) mass is 247 g/mol. The second-order valence-electron chi connectivity index (χ2n) is 3.26. The highest BCUT2D eigenvalue weighted by atomic mass is 32.2. The van der Waals surface area contributed by atoms with E-state index in [2.05, 4.69) is 15.0 Å². The van der Waals surface area contributed by atoms with E-state index in [1.807, 2.05) is 0 Å². The average molecular weight is 247 g/mol. The van der Waals surface area contributed by atoms with Crippen molar-refractivity contribution in [2.45, 2.75) is 17.0 Å². The molecule has 0 saturated heterocycles. The minimum Gasteiger partial charge on any atom is -0.478 e. The van der Waals surface area contributed by atoms with Crippen molar-refractivity contribution < 1.29 is 9.90 Å². The third-order valence-corrected chi connectivity index (χ3v) is 3.05. The first-order valence-corrected chi connectivity index (χ1v) is 5.63. The van der Waals surface area contributed by atoms with Crippen molar-refractivity contribution in [1.29, 1.82) is 0 Å². The zero-order chi connectivity index (χ0) is 12.3. The van der Waals surface area contributed by atoms with Crippen LogP contribution in [-0.4, -0.2) is 26.0 Å². The summed E-state index contributed by atoms with van der Waals surface area (Å²) in [6, 6.07) is 3.38. The maximum atomic E-state index is 11.1. The van der Waals surface area contributed by atoms with Gasteiger partial charge in [0.2, 0.25) is 0 Å². The normalized spacial score (nSPS) is 10.2. The molecule has 2 aromatic rings. The fourth-order valence-electron chi connectivity index (χ4n) is 1.31. The lowest BCUT2D eigenvalue weighted by Gasteiger charge is -2.06. The van der Waals surface area contributed by atoms with Gasteiger partial charge in [0.05, 0.1) is 5.56 Å². The van der Waals surface area contributed by atoms with Gasteiger partial charge in [-0.05, 0) is 36.4 Å². The molecule has 0 saturated carbocycles. The van der Waals surface area contributed by atoms with E-state index in [0.717, 1.165) is 0 Å². The van der Waals surface area contributed by atoms with Gasteiger partial charge in [-0.3, -0.25) is 0 Å². The van der Waals surface area contributed by atoms with E-state index in [4.69, 9.17) is 5.11 Å². The van der Waals surface area contributed by atoms with Gasteiger partial charge in [0.1, 0.15) is 16.4 Å². The van der Waals surface area contributed by atoms with Crippen LogP contribution in [-0.2, 0) is 0 Å². The average Bonchev–Trinajstić information content (AvgIpc) is 2.30. The van der Waals surface area contributed by atoms with Gasteiger partial charge in [-0.2, -0.15) is 0 Å². The van der Waals surface area contributed by atoms with Gasteiger partial charge in [0.25, 0.3) is 0 Å². The highest BCUT2D eigenvalue weighted by Gasteiger charge is 2.15. The molecule has 2 rings (SSSR count). The first-order valence-electron chi connectivity index (χ1n) is 4.81. The third-order valence-electron chi connectivity index (χ3n) is 2.09. The molecule has 0 amide bonds. The highest BCUT2D eigenvalue weighted by molar-refractivity contribution is 7.99. The van der Waals surface area contributed by atoms with Gasteiger partial charge < -0.3 is 5.11 Å². The number of carboxylic acids is 1. The predicted molar refractivity (Wildman–Crippen MR) is 62.1 cm³/mol. The molecule has 17 heavy (non-hydrogen) atoms. The lowest BCUT2D eigenvalue weighted by atomic mass is 10.2.